The summed E-state index contributed by atoms with van der Waals surface area (Å²) in [6, 6.07) is 1.50. The Hall–Kier alpha value is -1.62. The lowest BCUT2D eigenvalue weighted by atomic mass is 10.4. The fourth-order valence-electron chi connectivity index (χ4n) is 0.903. The standard InChI is InChI=1S/C10H14N2O3/c1-8(2)7-14-6-4-11-10(13)9-3-5-15-12-9/h3,5H,1,4,6-7H2,2H3,(H,11,13). The summed E-state index contributed by atoms with van der Waals surface area (Å²) in [5, 5.41) is 6.14. The van der Waals surface area contributed by atoms with Gasteiger partial charge in [0.1, 0.15) is 6.26 Å². The number of nitrogens with one attached hydrogen (secondary N) is 1. The molecule has 0 aromatic carbocycles. The molecular weight excluding hydrogens is 196 g/mol. The van der Waals surface area contributed by atoms with E-state index in [2.05, 4.69) is 21.6 Å². The number of aromatic nitrogens is 1. The molecule has 1 rings (SSSR count). The molecule has 1 aromatic rings. The lowest BCUT2D eigenvalue weighted by Crippen LogP contribution is -2.27. The van der Waals surface area contributed by atoms with Gasteiger partial charge in [0.2, 0.25) is 0 Å². The van der Waals surface area contributed by atoms with E-state index in [1.54, 1.807) is 0 Å². The van der Waals surface area contributed by atoms with Crippen LogP contribution in [0.1, 0.15) is 17.4 Å². The molecule has 0 spiro atoms. The third-order valence-corrected chi connectivity index (χ3v) is 1.55. The second kappa shape index (κ2) is 5.98. The number of carbonyl (C=O) groups is 1. The van der Waals surface area contributed by atoms with Gasteiger partial charge >= 0.3 is 0 Å². The maximum Gasteiger partial charge on any atom is 0.273 e. The predicted octanol–water partition coefficient (Wildman–Crippen LogP) is 0.997. The molecule has 0 aliphatic carbocycles. The van der Waals surface area contributed by atoms with Crippen LogP contribution in [0.25, 0.3) is 0 Å². The minimum absolute atomic E-state index is 0.261. The second-order valence-corrected chi connectivity index (χ2v) is 3.15. The molecule has 0 unspecified atom stereocenters. The third kappa shape index (κ3) is 4.42. The van der Waals surface area contributed by atoms with E-state index < -0.39 is 0 Å². The first-order valence-corrected chi connectivity index (χ1v) is 4.61. The first kappa shape index (κ1) is 11.5. The second-order valence-electron chi connectivity index (χ2n) is 3.15. The van der Waals surface area contributed by atoms with Gasteiger partial charge in [0.05, 0.1) is 13.2 Å². The van der Waals surface area contributed by atoms with Gasteiger partial charge in [-0.05, 0) is 6.92 Å². The minimum atomic E-state index is -0.261. The van der Waals surface area contributed by atoms with Crippen molar-refractivity contribution in [1.29, 1.82) is 0 Å². The van der Waals surface area contributed by atoms with E-state index >= 15 is 0 Å². The van der Waals surface area contributed by atoms with Crippen LogP contribution in [0.5, 0.6) is 0 Å². The third-order valence-electron chi connectivity index (χ3n) is 1.55. The Kier molecular flexibility index (Phi) is 4.56. The van der Waals surface area contributed by atoms with Gasteiger partial charge in [0.25, 0.3) is 5.91 Å². The van der Waals surface area contributed by atoms with E-state index in [4.69, 9.17) is 4.74 Å². The van der Waals surface area contributed by atoms with Crippen LogP contribution in [0.2, 0.25) is 0 Å². The zero-order valence-electron chi connectivity index (χ0n) is 8.66. The Labute approximate surface area is 88.1 Å². The highest BCUT2D eigenvalue weighted by atomic mass is 16.5. The van der Waals surface area contributed by atoms with E-state index in [0.29, 0.717) is 19.8 Å². The fraction of sp³-hybridized carbons (Fsp3) is 0.400. The zero-order chi connectivity index (χ0) is 11.1. The van der Waals surface area contributed by atoms with Crippen LogP contribution in [-0.4, -0.2) is 30.8 Å². The molecule has 0 aliphatic rings. The quantitative estimate of drug-likeness (QED) is 0.562. The summed E-state index contributed by atoms with van der Waals surface area (Å²) in [6.45, 7) is 6.99. The smallest absolute Gasteiger partial charge is 0.273 e. The number of hydrogen-bond acceptors (Lipinski definition) is 4. The van der Waals surface area contributed by atoms with E-state index in [-0.39, 0.29) is 11.6 Å². The van der Waals surface area contributed by atoms with Crippen LogP contribution in [0.15, 0.2) is 29.0 Å². The van der Waals surface area contributed by atoms with Gasteiger partial charge in [-0.1, -0.05) is 17.3 Å². The molecule has 1 heterocycles. The van der Waals surface area contributed by atoms with Gasteiger partial charge in [-0.3, -0.25) is 4.79 Å². The van der Waals surface area contributed by atoms with Crippen LogP contribution in [0.4, 0.5) is 0 Å². The summed E-state index contributed by atoms with van der Waals surface area (Å²) in [4.78, 5) is 11.3. The summed E-state index contributed by atoms with van der Waals surface area (Å²) in [6.07, 6.45) is 1.35. The highest BCUT2D eigenvalue weighted by Crippen LogP contribution is 1.93. The Bertz CT molecular complexity index is 319. The van der Waals surface area contributed by atoms with Gasteiger partial charge in [-0.2, -0.15) is 0 Å². The average molecular weight is 210 g/mol. The van der Waals surface area contributed by atoms with Gasteiger partial charge in [-0.15, -0.1) is 0 Å². The number of hydrogen-bond donors (Lipinski definition) is 1. The SMILES string of the molecule is C=C(C)COCCNC(=O)c1ccon1. The molecule has 0 atom stereocenters. The molecule has 0 saturated carbocycles. The molecule has 5 heteroatoms. The predicted molar refractivity (Wildman–Crippen MR) is 54.5 cm³/mol. The van der Waals surface area contributed by atoms with E-state index in [1.165, 1.54) is 12.3 Å². The molecular formula is C10H14N2O3. The van der Waals surface area contributed by atoms with Crippen molar-refractivity contribution in [2.45, 2.75) is 6.92 Å². The van der Waals surface area contributed by atoms with Crippen molar-refractivity contribution in [2.75, 3.05) is 19.8 Å². The van der Waals surface area contributed by atoms with Crippen molar-refractivity contribution in [3.8, 4) is 0 Å². The van der Waals surface area contributed by atoms with E-state index in [9.17, 15) is 4.79 Å². The Morgan fingerprint density at radius 1 is 1.73 bits per heavy atom. The van der Waals surface area contributed by atoms with Crippen LogP contribution < -0.4 is 5.32 Å². The molecule has 82 valence electrons. The minimum Gasteiger partial charge on any atom is -0.375 e. The molecule has 0 radical (unpaired) electrons. The van der Waals surface area contributed by atoms with Crippen LogP contribution in [0.3, 0.4) is 0 Å². The highest BCUT2D eigenvalue weighted by Gasteiger charge is 2.06. The molecule has 1 aromatic heterocycles. The van der Waals surface area contributed by atoms with E-state index in [1.807, 2.05) is 6.92 Å². The van der Waals surface area contributed by atoms with Crippen LogP contribution >= 0.6 is 0 Å². The van der Waals surface area contributed by atoms with E-state index in [0.717, 1.165) is 5.57 Å². The molecule has 0 fully saturated rings. The van der Waals surface area contributed by atoms with Gasteiger partial charge < -0.3 is 14.6 Å². The Morgan fingerprint density at radius 3 is 3.13 bits per heavy atom. The van der Waals surface area contributed by atoms with Crippen molar-refractivity contribution in [3.63, 3.8) is 0 Å². The normalized spacial score (nSPS) is 9.93. The van der Waals surface area contributed by atoms with Crippen molar-refractivity contribution in [3.05, 3.63) is 30.2 Å². The lowest BCUT2D eigenvalue weighted by molar-refractivity contribution is 0.0918. The van der Waals surface area contributed by atoms with Crippen LogP contribution in [0, 0.1) is 0 Å². The first-order valence-electron chi connectivity index (χ1n) is 4.61. The highest BCUT2D eigenvalue weighted by molar-refractivity contribution is 5.91. The van der Waals surface area contributed by atoms with Crippen molar-refractivity contribution >= 4 is 5.91 Å². The monoisotopic (exact) mass is 210 g/mol. The molecule has 1 N–H and O–H groups in total. The van der Waals surface area contributed by atoms with Gasteiger partial charge in [0, 0.05) is 12.6 Å². The number of ether oxygens (including phenoxy) is 1. The summed E-state index contributed by atoms with van der Waals surface area (Å²) in [7, 11) is 0. The van der Waals surface area contributed by atoms with Crippen molar-refractivity contribution in [2.24, 2.45) is 0 Å². The fourth-order valence-corrected chi connectivity index (χ4v) is 0.903. The average Bonchev–Trinajstić information content (AvgIpc) is 2.69. The maximum absolute atomic E-state index is 11.3. The number of amides is 1. The molecule has 0 saturated heterocycles. The molecule has 0 aliphatic heterocycles. The number of rotatable bonds is 6. The topological polar surface area (TPSA) is 64.4 Å². The maximum atomic E-state index is 11.3. The Balaban J connectivity index is 2.10. The van der Waals surface area contributed by atoms with Gasteiger partial charge in [0.15, 0.2) is 5.69 Å². The van der Waals surface area contributed by atoms with Crippen molar-refractivity contribution in [1.82, 2.24) is 10.5 Å². The van der Waals surface area contributed by atoms with Crippen LogP contribution in [-0.2, 0) is 4.74 Å². The first-order chi connectivity index (χ1) is 7.20. The lowest BCUT2D eigenvalue weighted by Gasteiger charge is -2.04. The zero-order valence-corrected chi connectivity index (χ0v) is 8.66. The molecule has 15 heavy (non-hydrogen) atoms. The molecule has 1 amide bonds. The summed E-state index contributed by atoms with van der Waals surface area (Å²) in [5.74, 6) is -0.261. The van der Waals surface area contributed by atoms with Gasteiger partial charge in [-0.25, -0.2) is 0 Å². The summed E-state index contributed by atoms with van der Waals surface area (Å²) < 4.78 is 9.75. The molecule has 5 nitrogen and oxygen atoms in total. The number of carbonyl (C=O) groups excluding carboxylic acids is 1. The summed E-state index contributed by atoms with van der Waals surface area (Å²) >= 11 is 0. The Morgan fingerprint density at radius 2 is 2.53 bits per heavy atom. The van der Waals surface area contributed by atoms with Crippen molar-refractivity contribution < 1.29 is 14.1 Å². The molecule has 0 bridgehead atoms. The largest absolute Gasteiger partial charge is 0.375 e. The number of nitrogens with zero attached hydrogens (tertiary/aromatic N) is 1. The summed E-state index contributed by atoms with van der Waals surface area (Å²) in [5.41, 5.74) is 1.23.